The number of carbonyl (C=O) groups excluding carboxylic acids is 1. The van der Waals surface area contributed by atoms with Gasteiger partial charge in [0.25, 0.3) is 0 Å². The summed E-state index contributed by atoms with van der Waals surface area (Å²) in [7, 11) is 1.80. The van der Waals surface area contributed by atoms with E-state index < -0.39 is 0 Å². The van der Waals surface area contributed by atoms with Crippen LogP contribution in [0.3, 0.4) is 0 Å². The maximum atomic E-state index is 11.6. The molecule has 0 atom stereocenters. The minimum Gasteiger partial charge on any atom is -0.342 e. The van der Waals surface area contributed by atoms with Crippen LogP contribution in [0.15, 0.2) is 4.52 Å². The fraction of sp³-hybridized carbons (Fsp3) is 0.727. The average Bonchev–Trinajstić information content (AvgIpc) is 2.69. The largest absolute Gasteiger partial charge is 0.342 e. The fourth-order valence-corrected chi connectivity index (χ4v) is 1.24. The number of nitrogens with one attached hydrogen (secondary N) is 1. The number of carbonyl (C=O) groups is 1. The summed E-state index contributed by atoms with van der Waals surface area (Å²) in [5.74, 6) is 1.32. The number of rotatable bonds is 6. The Hall–Kier alpha value is -1.43. The third-order valence-corrected chi connectivity index (χ3v) is 2.53. The molecule has 0 bridgehead atoms. The summed E-state index contributed by atoms with van der Waals surface area (Å²) in [6, 6.07) is 0.225. The summed E-state index contributed by atoms with van der Waals surface area (Å²) in [6.07, 6.45) is 0.638. The van der Waals surface area contributed by atoms with Crippen LogP contribution >= 0.6 is 0 Å². The minimum atomic E-state index is 0.0849. The van der Waals surface area contributed by atoms with Gasteiger partial charge in [-0.05, 0) is 20.8 Å². The lowest BCUT2D eigenvalue weighted by Crippen LogP contribution is -2.39. The molecule has 6 heteroatoms. The second kappa shape index (κ2) is 6.34. The maximum Gasteiger partial charge on any atom is 0.236 e. The monoisotopic (exact) mass is 240 g/mol. The van der Waals surface area contributed by atoms with Crippen molar-refractivity contribution in [2.24, 2.45) is 0 Å². The van der Waals surface area contributed by atoms with E-state index in [1.165, 1.54) is 0 Å². The summed E-state index contributed by atoms with van der Waals surface area (Å²) in [5, 5.41) is 6.75. The Kier molecular flexibility index (Phi) is 5.09. The van der Waals surface area contributed by atoms with Gasteiger partial charge in [-0.1, -0.05) is 5.16 Å². The molecule has 0 unspecified atom stereocenters. The van der Waals surface area contributed by atoms with Gasteiger partial charge < -0.3 is 14.7 Å². The van der Waals surface area contributed by atoms with Crippen LogP contribution in [0.5, 0.6) is 0 Å². The topological polar surface area (TPSA) is 71.3 Å². The molecule has 17 heavy (non-hydrogen) atoms. The molecule has 1 heterocycles. The first-order chi connectivity index (χ1) is 8.00. The van der Waals surface area contributed by atoms with Gasteiger partial charge in [0.05, 0.1) is 6.54 Å². The number of aryl methyl sites for hydroxylation is 1. The molecule has 1 amide bonds. The van der Waals surface area contributed by atoms with Crippen LogP contribution in [0.1, 0.15) is 25.6 Å². The van der Waals surface area contributed by atoms with Crippen molar-refractivity contribution in [2.75, 3.05) is 20.1 Å². The molecule has 0 aliphatic carbocycles. The number of hydrogen-bond donors (Lipinski definition) is 1. The van der Waals surface area contributed by atoms with Crippen molar-refractivity contribution in [3.05, 3.63) is 11.7 Å². The maximum absolute atomic E-state index is 11.6. The standard InChI is InChI=1S/C11H20N4O2/c1-8(2)15(4)11(16)7-12-6-5-10-13-9(3)14-17-10/h8,12H,5-7H2,1-4H3. The van der Waals surface area contributed by atoms with Gasteiger partial charge in [0.2, 0.25) is 11.8 Å². The number of nitrogens with zero attached hydrogens (tertiary/aromatic N) is 3. The number of amides is 1. The SMILES string of the molecule is Cc1noc(CCNCC(=O)N(C)C(C)C)n1. The third-order valence-electron chi connectivity index (χ3n) is 2.53. The van der Waals surface area contributed by atoms with Crippen LogP contribution in [-0.4, -0.2) is 47.1 Å². The molecular weight excluding hydrogens is 220 g/mol. The van der Waals surface area contributed by atoms with Crippen LogP contribution < -0.4 is 5.32 Å². The van der Waals surface area contributed by atoms with E-state index in [-0.39, 0.29) is 11.9 Å². The van der Waals surface area contributed by atoms with Crippen molar-refractivity contribution < 1.29 is 9.32 Å². The molecule has 0 aromatic carbocycles. The Balaban J connectivity index is 2.18. The molecular formula is C11H20N4O2. The lowest BCUT2D eigenvalue weighted by atomic mass is 10.3. The van der Waals surface area contributed by atoms with E-state index in [1.807, 2.05) is 13.8 Å². The molecule has 0 aliphatic heterocycles. The number of aromatic nitrogens is 2. The predicted octanol–water partition coefficient (Wildman–Crippen LogP) is 0.377. The predicted molar refractivity (Wildman–Crippen MR) is 63.5 cm³/mol. The second-order valence-corrected chi connectivity index (χ2v) is 4.26. The van der Waals surface area contributed by atoms with Crippen LogP contribution in [-0.2, 0) is 11.2 Å². The quantitative estimate of drug-likeness (QED) is 0.728. The normalized spacial score (nSPS) is 10.9. The molecule has 6 nitrogen and oxygen atoms in total. The number of hydrogen-bond acceptors (Lipinski definition) is 5. The fourth-order valence-electron chi connectivity index (χ4n) is 1.24. The van der Waals surface area contributed by atoms with E-state index in [0.29, 0.717) is 31.2 Å². The molecule has 0 aliphatic rings. The zero-order valence-electron chi connectivity index (χ0n) is 10.9. The first-order valence-corrected chi connectivity index (χ1v) is 5.76. The lowest BCUT2D eigenvalue weighted by molar-refractivity contribution is -0.130. The van der Waals surface area contributed by atoms with Gasteiger partial charge in [-0.25, -0.2) is 0 Å². The Bertz CT molecular complexity index is 362. The molecule has 0 saturated heterocycles. The van der Waals surface area contributed by atoms with E-state index in [4.69, 9.17) is 4.52 Å². The smallest absolute Gasteiger partial charge is 0.236 e. The van der Waals surface area contributed by atoms with Crippen LogP contribution in [0.25, 0.3) is 0 Å². The molecule has 0 radical (unpaired) electrons. The molecule has 1 rings (SSSR count). The van der Waals surface area contributed by atoms with Crippen molar-refractivity contribution in [1.29, 1.82) is 0 Å². The van der Waals surface area contributed by atoms with Crippen molar-refractivity contribution in [2.45, 2.75) is 33.2 Å². The number of likely N-dealkylation sites (N-methyl/N-ethyl adjacent to an activating group) is 1. The Labute approximate surface area is 101 Å². The highest BCUT2D eigenvalue weighted by Crippen LogP contribution is 1.96. The average molecular weight is 240 g/mol. The van der Waals surface area contributed by atoms with Crippen molar-refractivity contribution in [3.63, 3.8) is 0 Å². The highest BCUT2D eigenvalue weighted by Gasteiger charge is 2.11. The lowest BCUT2D eigenvalue weighted by Gasteiger charge is -2.21. The van der Waals surface area contributed by atoms with E-state index in [1.54, 1.807) is 18.9 Å². The van der Waals surface area contributed by atoms with Gasteiger partial charge in [0.15, 0.2) is 5.82 Å². The van der Waals surface area contributed by atoms with Crippen molar-refractivity contribution in [1.82, 2.24) is 20.4 Å². The summed E-state index contributed by atoms with van der Waals surface area (Å²) in [4.78, 5) is 17.4. The Morgan fingerprint density at radius 2 is 2.24 bits per heavy atom. The van der Waals surface area contributed by atoms with Gasteiger partial charge in [0, 0.05) is 26.1 Å². The van der Waals surface area contributed by atoms with E-state index in [2.05, 4.69) is 15.5 Å². The summed E-state index contributed by atoms with van der Waals surface area (Å²) >= 11 is 0. The zero-order chi connectivity index (χ0) is 12.8. The van der Waals surface area contributed by atoms with Gasteiger partial charge in [-0.3, -0.25) is 4.79 Å². The van der Waals surface area contributed by atoms with E-state index in [0.717, 1.165) is 0 Å². The minimum absolute atomic E-state index is 0.0849. The van der Waals surface area contributed by atoms with Crippen molar-refractivity contribution >= 4 is 5.91 Å². The zero-order valence-corrected chi connectivity index (χ0v) is 10.9. The van der Waals surface area contributed by atoms with Crippen LogP contribution in [0, 0.1) is 6.92 Å². The van der Waals surface area contributed by atoms with Gasteiger partial charge in [0.1, 0.15) is 0 Å². The highest BCUT2D eigenvalue weighted by atomic mass is 16.5. The Morgan fingerprint density at radius 3 is 2.76 bits per heavy atom. The Morgan fingerprint density at radius 1 is 1.53 bits per heavy atom. The first kappa shape index (κ1) is 13.6. The van der Waals surface area contributed by atoms with Gasteiger partial charge in [-0.15, -0.1) is 0 Å². The molecule has 0 saturated carbocycles. The molecule has 1 aromatic rings. The van der Waals surface area contributed by atoms with Gasteiger partial charge >= 0.3 is 0 Å². The first-order valence-electron chi connectivity index (χ1n) is 5.76. The molecule has 96 valence electrons. The second-order valence-electron chi connectivity index (χ2n) is 4.26. The summed E-state index contributed by atoms with van der Waals surface area (Å²) in [5.41, 5.74) is 0. The molecule has 1 N–H and O–H groups in total. The van der Waals surface area contributed by atoms with Crippen LogP contribution in [0.4, 0.5) is 0 Å². The third kappa shape index (κ3) is 4.52. The molecule has 1 aromatic heterocycles. The summed E-state index contributed by atoms with van der Waals surface area (Å²) < 4.78 is 4.96. The van der Waals surface area contributed by atoms with E-state index >= 15 is 0 Å². The van der Waals surface area contributed by atoms with Crippen LogP contribution in [0.2, 0.25) is 0 Å². The molecule has 0 fully saturated rings. The van der Waals surface area contributed by atoms with Crippen molar-refractivity contribution in [3.8, 4) is 0 Å². The van der Waals surface area contributed by atoms with Gasteiger partial charge in [-0.2, -0.15) is 4.98 Å². The summed E-state index contributed by atoms with van der Waals surface area (Å²) in [6.45, 7) is 6.74. The van der Waals surface area contributed by atoms with E-state index in [9.17, 15) is 4.79 Å². The molecule has 0 spiro atoms. The highest BCUT2D eigenvalue weighted by molar-refractivity contribution is 5.78.